The van der Waals surface area contributed by atoms with Crippen molar-refractivity contribution in [2.45, 2.75) is 18.9 Å². The van der Waals surface area contributed by atoms with Gasteiger partial charge in [-0.3, -0.25) is 4.79 Å². The molecule has 1 atom stereocenters. The fourth-order valence-corrected chi connectivity index (χ4v) is 2.69. The lowest BCUT2D eigenvalue weighted by Gasteiger charge is -2.23. The average molecular weight is 334 g/mol. The molecule has 1 aromatic carbocycles. The SMILES string of the molecule is NC(CCC(=O)O)c1c(F)cc2c(c1Br)OCCO2. The van der Waals surface area contributed by atoms with E-state index in [0.29, 0.717) is 29.2 Å². The molecule has 1 heterocycles. The molecule has 0 spiro atoms. The highest BCUT2D eigenvalue weighted by Crippen LogP contribution is 2.43. The normalized spacial score (nSPS) is 15.1. The Morgan fingerprint density at radius 1 is 1.53 bits per heavy atom. The number of fused-ring (bicyclic) bond motifs is 1. The number of benzene rings is 1. The highest BCUT2D eigenvalue weighted by atomic mass is 79.9. The number of rotatable bonds is 4. The molecule has 1 unspecified atom stereocenters. The molecule has 0 fully saturated rings. The summed E-state index contributed by atoms with van der Waals surface area (Å²) in [4.78, 5) is 10.5. The van der Waals surface area contributed by atoms with Crippen molar-refractivity contribution in [3.05, 3.63) is 21.9 Å². The summed E-state index contributed by atoms with van der Waals surface area (Å²) < 4.78 is 25.1. The van der Waals surface area contributed by atoms with Gasteiger partial charge in [0.25, 0.3) is 0 Å². The summed E-state index contributed by atoms with van der Waals surface area (Å²) in [7, 11) is 0. The van der Waals surface area contributed by atoms with Crippen molar-refractivity contribution in [1.29, 1.82) is 0 Å². The van der Waals surface area contributed by atoms with Crippen LogP contribution in [-0.4, -0.2) is 24.3 Å². The number of hydrogen-bond donors (Lipinski definition) is 2. The zero-order valence-electron chi connectivity index (χ0n) is 9.99. The molecule has 1 aliphatic heterocycles. The molecule has 0 saturated heterocycles. The van der Waals surface area contributed by atoms with Gasteiger partial charge >= 0.3 is 5.97 Å². The molecule has 0 saturated carbocycles. The minimum atomic E-state index is -0.968. The maximum absolute atomic E-state index is 14.0. The molecule has 19 heavy (non-hydrogen) atoms. The summed E-state index contributed by atoms with van der Waals surface area (Å²) in [6.07, 6.45) is 0.0198. The first-order valence-electron chi connectivity index (χ1n) is 5.75. The van der Waals surface area contributed by atoms with E-state index in [0.717, 1.165) is 0 Å². The van der Waals surface area contributed by atoms with Gasteiger partial charge in [-0.25, -0.2) is 4.39 Å². The van der Waals surface area contributed by atoms with E-state index in [1.165, 1.54) is 6.07 Å². The number of aliphatic carboxylic acids is 1. The Hall–Kier alpha value is -1.34. The fraction of sp³-hybridized carbons (Fsp3) is 0.417. The van der Waals surface area contributed by atoms with Crippen LogP contribution >= 0.6 is 15.9 Å². The molecule has 5 nitrogen and oxygen atoms in total. The number of nitrogens with two attached hydrogens (primary N) is 1. The Morgan fingerprint density at radius 3 is 2.89 bits per heavy atom. The highest BCUT2D eigenvalue weighted by Gasteiger charge is 2.25. The molecule has 0 aliphatic carbocycles. The molecule has 0 radical (unpaired) electrons. The molecule has 0 bridgehead atoms. The summed E-state index contributed by atoms with van der Waals surface area (Å²) in [6, 6.07) is 0.496. The minimum absolute atomic E-state index is 0.124. The smallest absolute Gasteiger partial charge is 0.303 e. The van der Waals surface area contributed by atoms with Gasteiger partial charge < -0.3 is 20.3 Å². The van der Waals surface area contributed by atoms with Crippen molar-refractivity contribution < 1.29 is 23.8 Å². The van der Waals surface area contributed by atoms with Gasteiger partial charge in [0, 0.05) is 24.1 Å². The van der Waals surface area contributed by atoms with Crippen LogP contribution in [-0.2, 0) is 4.79 Å². The first-order chi connectivity index (χ1) is 9.00. The van der Waals surface area contributed by atoms with E-state index in [1.54, 1.807) is 0 Å². The number of carboxylic acid groups (broad SMARTS) is 1. The Balaban J connectivity index is 2.32. The molecule has 3 N–H and O–H groups in total. The lowest BCUT2D eigenvalue weighted by molar-refractivity contribution is -0.137. The molecular formula is C12H13BrFNO4. The van der Waals surface area contributed by atoms with Crippen molar-refractivity contribution >= 4 is 21.9 Å². The van der Waals surface area contributed by atoms with Gasteiger partial charge in [-0.1, -0.05) is 0 Å². The van der Waals surface area contributed by atoms with Crippen molar-refractivity contribution in [2.24, 2.45) is 5.73 Å². The third-order valence-corrected chi connectivity index (χ3v) is 3.59. The van der Waals surface area contributed by atoms with Crippen LogP contribution in [0, 0.1) is 5.82 Å². The highest BCUT2D eigenvalue weighted by molar-refractivity contribution is 9.10. The lowest BCUT2D eigenvalue weighted by Crippen LogP contribution is -2.19. The van der Waals surface area contributed by atoms with Gasteiger partial charge in [0.2, 0.25) is 0 Å². The zero-order valence-corrected chi connectivity index (χ0v) is 11.6. The van der Waals surface area contributed by atoms with Gasteiger partial charge in [-0.2, -0.15) is 0 Å². The summed E-state index contributed by atoms with van der Waals surface area (Å²) in [5.74, 6) is -0.767. The molecule has 0 amide bonds. The number of carbonyl (C=O) groups is 1. The number of ether oxygens (including phenoxy) is 2. The first-order valence-corrected chi connectivity index (χ1v) is 6.55. The third-order valence-electron chi connectivity index (χ3n) is 2.80. The van der Waals surface area contributed by atoms with Gasteiger partial charge in [-0.05, 0) is 22.4 Å². The summed E-state index contributed by atoms with van der Waals surface area (Å²) in [5.41, 5.74) is 6.06. The Bertz CT molecular complexity index is 509. The largest absolute Gasteiger partial charge is 0.486 e. The zero-order chi connectivity index (χ0) is 14.0. The van der Waals surface area contributed by atoms with Crippen LogP contribution in [0.2, 0.25) is 0 Å². The van der Waals surface area contributed by atoms with Crippen molar-refractivity contribution in [1.82, 2.24) is 0 Å². The van der Waals surface area contributed by atoms with Crippen molar-refractivity contribution in [3.8, 4) is 11.5 Å². The van der Waals surface area contributed by atoms with Crippen LogP contribution in [0.1, 0.15) is 24.4 Å². The molecule has 7 heteroatoms. The Kier molecular flexibility index (Phi) is 4.26. The maximum atomic E-state index is 14.0. The van der Waals surface area contributed by atoms with Gasteiger partial charge in [0.1, 0.15) is 19.0 Å². The lowest BCUT2D eigenvalue weighted by atomic mass is 10.0. The second kappa shape index (κ2) is 5.75. The van der Waals surface area contributed by atoms with E-state index in [1.807, 2.05) is 0 Å². The van der Waals surface area contributed by atoms with Crippen LogP contribution in [0.5, 0.6) is 11.5 Å². The number of carboxylic acids is 1. The van der Waals surface area contributed by atoms with Gasteiger partial charge in [0.15, 0.2) is 11.5 Å². The van der Waals surface area contributed by atoms with Gasteiger partial charge in [0.05, 0.1) is 4.47 Å². The predicted molar refractivity (Wildman–Crippen MR) is 68.9 cm³/mol. The fourth-order valence-electron chi connectivity index (χ4n) is 1.89. The summed E-state index contributed by atoms with van der Waals surface area (Å²) >= 11 is 3.25. The molecule has 0 aromatic heterocycles. The third kappa shape index (κ3) is 2.98. The average Bonchev–Trinajstić information content (AvgIpc) is 2.36. The first kappa shape index (κ1) is 14.1. The van der Waals surface area contributed by atoms with Crippen LogP contribution < -0.4 is 15.2 Å². The molecule has 1 aliphatic rings. The van der Waals surface area contributed by atoms with Crippen LogP contribution in [0.4, 0.5) is 4.39 Å². The monoisotopic (exact) mass is 333 g/mol. The topological polar surface area (TPSA) is 81.8 Å². The molecule has 1 aromatic rings. The molecule has 104 valence electrons. The van der Waals surface area contributed by atoms with Crippen LogP contribution in [0.3, 0.4) is 0 Å². The minimum Gasteiger partial charge on any atom is -0.486 e. The number of hydrogen-bond acceptors (Lipinski definition) is 4. The van der Waals surface area contributed by atoms with E-state index in [-0.39, 0.29) is 18.4 Å². The Labute approximate surface area is 117 Å². The second-order valence-electron chi connectivity index (χ2n) is 4.15. The number of halogens is 2. The van der Waals surface area contributed by atoms with E-state index in [9.17, 15) is 9.18 Å². The summed E-state index contributed by atoms with van der Waals surface area (Å²) in [5, 5.41) is 8.63. The maximum Gasteiger partial charge on any atom is 0.303 e. The van der Waals surface area contributed by atoms with E-state index in [2.05, 4.69) is 15.9 Å². The second-order valence-corrected chi connectivity index (χ2v) is 4.94. The standard InChI is InChI=1S/C12H13BrFNO4/c13-11-10(7(15)1-2-9(16)17)6(14)5-8-12(11)19-4-3-18-8/h5,7H,1-4,15H2,(H,16,17). The van der Waals surface area contributed by atoms with E-state index < -0.39 is 17.8 Å². The van der Waals surface area contributed by atoms with Crippen LogP contribution in [0.25, 0.3) is 0 Å². The van der Waals surface area contributed by atoms with Crippen LogP contribution in [0.15, 0.2) is 10.5 Å². The Morgan fingerprint density at radius 2 is 2.21 bits per heavy atom. The molecular weight excluding hydrogens is 321 g/mol. The predicted octanol–water partition coefficient (Wildman–Crippen LogP) is 2.22. The quantitative estimate of drug-likeness (QED) is 0.882. The van der Waals surface area contributed by atoms with E-state index >= 15 is 0 Å². The van der Waals surface area contributed by atoms with Crippen molar-refractivity contribution in [2.75, 3.05) is 13.2 Å². The van der Waals surface area contributed by atoms with Crippen molar-refractivity contribution in [3.63, 3.8) is 0 Å². The summed E-state index contributed by atoms with van der Waals surface area (Å²) in [6.45, 7) is 0.740. The van der Waals surface area contributed by atoms with E-state index in [4.69, 9.17) is 20.3 Å². The molecule has 2 rings (SSSR count). The van der Waals surface area contributed by atoms with Gasteiger partial charge in [-0.15, -0.1) is 0 Å².